The van der Waals surface area contributed by atoms with E-state index in [0.717, 1.165) is 43.3 Å². The predicted octanol–water partition coefficient (Wildman–Crippen LogP) is 4.58. The Balaban J connectivity index is 2.61. The van der Waals surface area contributed by atoms with Crippen molar-refractivity contribution >= 4 is 11.9 Å². The van der Waals surface area contributed by atoms with Crippen LogP contribution in [0.1, 0.15) is 72.6 Å². The van der Waals surface area contributed by atoms with Gasteiger partial charge in [0.1, 0.15) is 5.60 Å². The molecule has 0 bridgehead atoms. The SMILES string of the molecule is CCCC(C)C1CCC(C(C)(CC)OC(=O)/C=C/C(=O)O)CC1. The van der Waals surface area contributed by atoms with Gasteiger partial charge in [-0.1, -0.05) is 33.6 Å². The van der Waals surface area contributed by atoms with Gasteiger partial charge in [0.2, 0.25) is 0 Å². The molecule has 132 valence electrons. The summed E-state index contributed by atoms with van der Waals surface area (Å²) in [5.41, 5.74) is -0.501. The van der Waals surface area contributed by atoms with E-state index in [0.29, 0.717) is 5.92 Å². The van der Waals surface area contributed by atoms with Crippen molar-refractivity contribution in [1.82, 2.24) is 0 Å². The Morgan fingerprint density at radius 3 is 2.30 bits per heavy atom. The lowest BCUT2D eigenvalue weighted by Gasteiger charge is -2.41. The van der Waals surface area contributed by atoms with Gasteiger partial charge in [0, 0.05) is 12.2 Å². The molecular weight excluding hydrogens is 292 g/mol. The standard InChI is InChI=1S/C19H32O4/c1-5-7-14(3)15-8-10-16(11-9-15)19(4,6-2)23-18(22)13-12-17(20)21/h12-16H,5-11H2,1-4H3,(H,20,21)/b13-12+. The zero-order chi connectivity index (χ0) is 17.5. The Hall–Kier alpha value is -1.32. The second kappa shape index (κ2) is 9.09. The summed E-state index contributed by atoms with van der Waals surface area (Å²) in [4.78, 5) is 22.3. The quantitative estimate of drug-likeness (QED) is 0.524. The van der Waals surface area contributed by atoms with Gasteiger partial charge in [-0.3, -0.25) is 0 Å². The summed E-state index contributed by atoms with van der Waals surface area (Å²) >= 11 is 0. The Morgan fingerprint density at radius 1 is 1.22 bits per heavy atom. The molecule has 0 spiro atoms. The second-order valence-electron chi connectivity index (χ2n) is 7.14. The van der Waals surface area contributed by atoms with Crippen molar-refractivity contribution < 1.29 is 19.4 Å². The van der Waals surface area contributed by atoms with Gasteiger partial charge in [-0.15, -0.1) is 0 Å². The Labute approximate surface area is 140 Å². The van der Waals surface area contributed by atoms with Crippen molar-refractivity contribution in [2.75, 3.05) is 0 Å². The highest BCUT2D eigenvalue weighted by atomic mass is 16.6. The van der Waals surface area contributed by atoms with Crippen LogP contribution in [0, 0.1) is 17.8 Å². The molecule has 1 aliphatic carbocycles. The number of carbonyl (C=O) groups excluding carboxylic acids is 1. The van der Waals surface area contributed by atoms with Crippen LogP contribution in [0.5, 0.6) is 0 Å². The number of aliphatic carboxylic acids is 1. The largest absolute Gasteiger partial charge is 0.478 e. The van der Waals surface area contributed by atoms with Gasteiger partial charge < -0.3 is 9.84 Å². The van der Waals surface area contributed by atoms with Crippen LogP contribution in [0.15, 0.2) is 12.2 Å². The molecule has 0 radical (unpaired) electrons. The summed E-state index contributed by atoms with van der Waals surface area (Å²) in [6, 6.07) is 0. The molecule has 2 unspecified atom stereocenters. The number of esters is 1. The monoisotopic (exact) mass is 324 g/mol. The highest BCUT2D eigenvalue weighted by Gasteiger charge is 2.39. The first-order valence-electron chi connectivity index (χ1n) is 8.96. The average Bonchev–Trinajstić information content (AvgIpc) is 2.53. The zero-order valence-electron chi connectivity index (χ0n) is 15.0. The molecule has 1 N–H and O–H groups in total. The van der Waals surface area contributed by atoms with E-state index in [4.69, 9.17) is 9.84 Å². The lowest BCUT2D eigenvalue weighted by molar-refractivity contribution is -0.160. The van der Waals surface area contributed by atoms with E-state index in [-0.39, 0.29) is 0 Å². The summed E-state index contributed by atoms with van der Waals surface area (Å²) in [6.07, 6.45) is 9.68. The van der Waals surface area contributed by atoms with E-state index in [1.54, 1.807) is 0 Å². The van der Waals surface area contributed by atoms with E-state index >= 15 is 0 Å². The topological polar surface area (TPSA) is 63.6 Å². The molecule has 0 aromatic rings. The molecule has 0 aliphatic heterocycles. The third-order valence-corrected chi connectivity index (χ3v) is 5.58. The number of carbonyl (C=O) groups is 2. The Bertz CT molecular complexity index is 421. The van der Waals surface area contributed by atoms with Gasteiger partial charge in [-0.25, -0.2) is 9.59 Å². The van der Waals surface area contributed by atoms with Crippen LogP contribution in [0.2, 0.25) is 0 Å². The van der Waals surface area contributed by atoms with E-state index < -0.39 is 17.5 Å². The number of hydrogen-bond donors (Lipinski definition) is 1. The fourth-order valence-corrected chi connectivity index (χ4v) is 3.84. The predicted molar refractivity (Wildman–Crippen MR) is 91.1 cm³/mol. The molecule has 2 atom stereocenters. The minimum atomic E-state index is -1.13. The van der Waals surface area contributed by atoms with Crippen molar-refractivity contribution in [3.8, 4) is 0 Å². The fourth-order valence-electron chi connectivity index (χ4n) is 3.84. The van der Waals surface area contributed by atoms with Gasteiger partial charge in [0.15, 0.2) is 0 Å². The molecule has 0 aromatic heterocycles. The first kappa shape index (κ1) is 19.7. The van der Waals surface area contributed by atoms with Crippen molar-refractivity contribution in [1.29, 1.82) is 0 Å². The second-order valence-corrected chi connectivity index (χ2v) is 7.14. The molecule has 1 aliphatic rings. The maximum absolute atomic E-state index is 11.9. The van der Waals surface area contributed by atoms with Gasteiger partial charge in [0.25, 0.3) is 0 Å². The Kier molecular flexibility index (Phi) is 7.80. The Morgan fingerprint density at radius 2 is 1.83 bits per heavy atom. The van der Waals surface area contributed by atoms with Gasteiger partial charge in [-0.2, -0.15) is 0 Å². The number of hydrogen-bond acceptors (Lipinski definition) is 3. The van der Waals surface area contributed by atoms with Crippen LogP contribution in [-0.2, 0) is 14.3 Å². The molecule has 0 saturated heterocycles. The molecule has 4 nitrogen and oxygen atoms in total. The van der Waals surface area contributed by atoms with Crippen LogP contribution in [0.25, 0.3) is 0 Å². The molecular formula is C19H32O4. The molecule has 0 aromatic carbocycles. The van der Waals surface area contributed by atoms with Crippen LogP contribution in [0.4, 0.5) is 0 Å². The van der Waals surface area contributed by atoms with Crippen LogP contribution in [-0.4, -0.2) is 22.6 Å². The molecule has 0 amide bonds. The van der Waals surface area contributed by atoms with Crippen molar-refractivity contribution in [2.45, 2.75) is 78.2 Å². The van der Waals surface area contributed by atoms with Gasteiger partial charge >= 0.3 is 11.9 Å². The van der Waals surface area contributed by atoms with Crippen molar-refractivity contribution in [2.24, 2.45) is 17.8 Å². The van der Waals surface area contributed by atoms with Crippen molar-refractivity contribution in [3.05, 3.63) is 12.2 Å². The van der Waals surface area contributed by atoms with Gasteiger partial charge in [0.05, 0.1) is 0 Å². The van der Waals surface area contributed by atoms with Crippen molar-refractivity contribution in [3.63, 3.8) is 0 Å². The van der Waals surface area contributed by atoms with Crippen LogP contribution in [0.3, 0.4) is 0 Å². The summed E-state index contributed by atoms with van der Waals surface area (Å²) in [5.74, 6) is 0.230. The lowest BCUT2D eigenvalue weighted by Crippen LogP contribution is -2.41. The molecule has 1 fully saturated rings. The number of carboxylic acid groups (broad SMARTS) is 1. The summed E-state index contributed by atoms with van der Waals surface area (Å²) in [5, 5.41) is 8.60. The number of carboxylic acids is 1. The van der Waals surface area contributed by atoms with Crippen LogP contribution < -0.4 is 0 Å². The smallest absolute Gasteiger partial charge is 0.331 e. The fraction of sp³-hybridized carbons (Fsp3) is 0.789. The highest BCUT2D eigenvalue weighted by Crippen LogP contribution is 2.42. The minimum Gasteiger partial charge on any atom is -0.478 e. The minimum absolute atomic E-state index is 0.361. The van der Waals surface area contributed by atoms with E-state index in [9.17, 15) is 9.59 Å². The summed E-state index contributed by atoms with van der Waals surface area (Å²) < 4.78 is 5.63. The zero-order valence-corrected chi connectivity index (χ0v) is 15.0. The number of ether oxygens (including phenoxy) is 1. The third-order valence-electron chi connectivity index (χ3n) is 5.58. The average molecular weight is 324 g/mol. The molecule has 1 rings (SSSR count). The van der Waals surface area contributed by atoms with E-state index in [1.807, 2.05) is 13.8 Å². The molecule has 1 saturated carbocycles. The molecule has 4 heteroatoms. The first-order valence-corrected chi connectivity index (χ1v) is 8.96. The molecule has 0 heterocycles. The molecule has 23 heavy (non-hydrogen) atoms. The highest BCUT2D eigenvalue weighted by molar-refractivity contribution is 5.90. The van der Waals surface area contributed by atoms with Crippen LogP contribution >= 0.6 is 0 Å². The maximum Gasteiger partial charge on any atom is 0.331 e. The van der Waals surface area contributed by atoms with E-state index in [1.165, 1.54) is 25.7 Å². The van der Waals surface area contributed by atoms with E-state index in [2.05, 4.69) is 13.8 Å². The van der Waals surface area contributed by atoms with Gasteiger partial charge in [-0.05, 0) is 56.8 Å². The third kappa shape index (κ3) is 6.00. The first-order chi connectivity index (χ1) is 10.8. The summed E-state index contributed by atoms with van der Waals surface area (Å²) in [7, 11) is 0. The normalized spacial score (nSPS) is 25.7. The summed E-state index contributed by atoms with van der Waals surface area (Å²) in [6.45, 7) is 8.60. The lowest BCUT2D eigenvalue weighted by atomic mass is 9.69. The maximum atomic E-state index is 11.9. The number of rotatable bonds is 8.